The van der Waals surface area contributed by atoms with E-state index in [4.69, 9.17) is 20.0 Å². The number of nitrogens with zero attached hydrogens (tertiary/aromatic N) is 4. The van der Waals surface area contributed by atoms with Gasteiger partial charge in [-0.05, 0) is 55.0 Å². The molecule has 3 heterocycles. The summed E-state index contributed by atoms with van der Waals surface area (Å²) in [5, 5.41) is 4.85. The van der Waals surface area contributed by atoms with Crippen molar-refractivity contribution in [2.24, 2.45) is 0 Å². The maximum Gasteiger partial charge on any atom is 0.229 e. The van der Waals surface area contributed by atoms with E-state index >= 15 is 0 Å². The first-order chi connectivity index (χ1) is 21.0. The van der Waals surface area contributed by atoms with Crippen molar-refractivity contribution in [2.75, 3.05) is 23.8 Å². The second-order valence-corrected chi connectivity index (χ2v) is 11.8. The van der Waals surface area contributed by atoms with E-state index in [1.54, 1.807) is 19.1 Å². The minimum atomic E-state index is -3.66. The molecule has 3 N–H and O–H groups in total. The Labute approximate surface area is 249 Å². The van der Waals surface area contributed by atoms with Crippen molar-refractivity contribution in [3.8, 4) is 28.1 Å². The standard InChI is InChI=1S/C30H24F2N6O5S/c1-15(28-23(16-6-4-7-18(31)12-16)27(39)24-19(32)8-5-9-22(24)43-28)38-30-25(29(33)34-14-35-30)26(36-38)17-10-11-21(42-2)20(13-17)37-44(3,40)41/h4-15,37H,1-3H3,(H2,33,34,35)/t15-/m1/s1. The lowest BCUT2D eigenvalue weighted by atomic mass is 9.99. The van der Waals surface area contributed by atoms with E-state index < -0.39 is 33.1 Å². The van der Waals surface area contributed by atoms with Crippen LogP contribution in [0.2, 0.25) is 0 Å². The van der Waals surface area contributed by atoms with Crippen LogP contribution in [0.3, 0.4) is 0 Å². The molecule has 0 saturated heterocycles. The van der Waals surface area contributed by atoms with Crippen LogP contribution in [0, 0.1) is 11.6 Å². The molecule has 0 aliphatic heterocycles. The van der Waals surface area contributed by atoms with Crippen LogP contribution in [0.25, 0.3) is 44.4 Å². The summed E-state index contributed by atoms with van der Waals surface area (Å²) in [5.41, 5.74) is 6.91. The predicted octanol–water partition coefficient (Wildman–Crippen LogP) is 5.12. The van der Waals surface area contributed by atoms with Crippen LogP contribution in [0.15, 0.2) is 76.2 Å². The molecule has 11 nitrogen and oxygen atoms in total. The maximum atomic E-state index is 14.9. The van der Waals surface area contributed by atoms with Gasteiger partial charge in [0.1, 0.15) is 58.0 Å². The molecule has 0 fully saturated rings. The lowest BCUT2D eigenvalue weighted by molar-refractivity contribution is 0.417. The van der Waals surface area contributed by atoms with Gasteiger partial charge in [0.2, 0.25) is 15.5 Å². The van der Waals surface area contributed by atoms with E-state index in [9.17, 15) is 22.0 Å². The number of nitrogens with one attached hydrogen (secondary N) is 1. The smallest absolute Gasteiger partial charge is 0.229 e. The van der Waals surface area contributed by atoms with Crippen molar-refractivity contribution in [3.63, 3.8) is 0 Å². The molecule has 0 aliphatic rings. The molecule has 224 valence electrons. The van der Waals surface area contributed by atoms with Crippen molar-refractivity contribution in [1.82, 2.24) is 19.7 Å². The fraction of sp³-hybridized carbons (Fsp3) is 0.133. The number of anilines is 2. The average molecular weight is 619 g/mol. The molecular formula is C30H24F2N6O5S. The van der Waals surface area contributed by atoms with Crippen LogP contribution < -0.4 is 20.6 Å². The molecule has 0 radical (unpaired) electrons. The van der Waals surface area contributed by atoms with Gasteiger partial charge in [0, 0.05) is 5.56 Å². The summed E-state index contributed by atoms with van der Waals surface area (Å²) in [7, 11) is -2.26. The van der Waals surface area contributed by atoms with Crippen LogP contribution in [0.1, 0.15) is 18.7 Å². The number of sulfonamides is 1. The summed E-state index contributed by atoms with van der Waals surface area (Å²) in [6, 6.07) is 13.3. The van der Waals surface area contributed by atoms with Gasteiger partial charge in [0.05, 0.1) is 30.0 Å². The monoisotopic (exact) mass is 618 g/mol. The Balaban J connectivity index is 1.62. The van der Waals surface area contributed by atoms with Crippen LogP contribution in [0.4, 0.5) is 20.3 Å². The number of halogens is 2. The van der Waals surface area contributed by atoms with E-state index in [1.807, 2.05) is 0 Å². The zero-order valence-electron chi connectivity index (χ0n) is 23.5. The first kappa shape index (κ1) is 28.7. The van der Waals surface area contributed by atoms with Gasteiger partial charge in [0.15, 0.2) is 5.65 Å². The zero-order chi connectivity index (χ0) is 31.3. The van der Waals surface area contributed by atoms with E-state index in [1.165, 1.54) is 54.5 Å². The first-order valence-electron chi connectivity index (χ1n) is 13.1. The Morgan fingerprint density at radius 1 is 1.02 bits per heavy atom. The summed E-state index contributed by atoms with van der Waals surface area (Å²) < 4.78 is 68.7. The molecule has 0 unspecified atom stereocenters. The molecule has 44 heavy (non-hydrogen) atoms. The first-order valence-corrected chi connectivity index (χ1v) is 15.0. The highest BCUT2D eigenvalue weighted by atomic mass is 32.2. The molecule has 6 aromatic rings. The molecule has 14 heteroatoms. The zero-order valence-corrected chi connectivity index (χ0v) is 24.3. The number of benzene rings is 3. The molecule has 3 aromatic heterocycles. The highest BCUT2D eigenvalue weighted by Crippen LogP contribution is 2.38. The highest BCUT2D eigenvalue weighted by Gasteiger charge is 2.28. The van der Waals surface area contributed by atoms with Gasteiger partial charge in [-0.3, -0.25) is 9.52 Å². The summed E-state index contributed by atoms with van der Waals surface area (Å²) in [6.45, 7) is 1.69. The van der Waals surface area contributed by atoms with Gasteiger partial charge in [-0.15, -0.1) is 0 Å². The van der Waals surface area contributed by atoms with Gasteiger partial charge in [-0.25, -0.2) is 31.8 Å². The van der Waals surface area contributed by atoms with Crippen LogP contribution in [-0.4, -0.2) is 41.5 Å². The quantitative estimate of drug-likeness (QED) is 0.248. The number of methoxy groups -OCH3 is 1. The second kappa shape index (κ2) is 10.7. The second-order valence-electron chi connectivity index (χ2n) is 10.0. The average Bonchev–Trinajstić information content (AvgIpc) is 3.37. The summed E-state index contributed by atoms with van der Waals surface area (Å²) in [6.07, 6.45) is 2.26. The number of nitrogens with two attached hydrogens (primary N) is 1. The lowest BCUT2D eigenvalue weighted by Crippen LogP contribution is -2.17. The van der Waals surface area contributed by atoms with Crippen LogP contribution in [-0.2, 0) is 10.0 Å². The van der Waals surface area contributed by atoms with Gasteiger partial charge < -0.3 is 14.9 Å². The largest absolute Gasteiger partial charge is 0.495 e. The summed E-state index contributed by atoms with van der Waals surface area (Å²) in [4.78, 5) is 22.3. The lowest BCUT2D eigenvalue weighted by Gasteiger charge is -2.17. The van der Waals surface area contributed by atoms with Crippen LogP contribution >= 0.6 is 0 Å². The molecule has 1 atom stereocenters. The van der Waals surface area contributed by atoms with E-state index in [0.717, 1.165) is 18.4 Å². The number of hydrogen-bond acceptors (Lipinski definition) is 9. The van der Waals surface area contributed by atoms with Gasteiger partial charge in [0.25, 0.3) is 0 Å². The number of nitrogen functional groups attached to an aromatic ring is 1. The normalized spacial score (nSPS) is 12.5. The van der Waals surface area contributed by atoms with Gasteiger partial charge >= 0.3 is 0 Å². The minimum Gasteiger partial charge on any atom is -0.495 e. The topological polar surface area (TPSA) is 155 Å². The van der Waals surface area contributed by atoms with E-state index in [-0.39, 0.29) is 50.8 Å². The molecule has 6 rings (SSSR count). The predicted molar refractivity (Wildman–Crippen MR) is 162 cm³/mol. The number of rotatable bonds is 7. The number of hydrogen-bond donors (Lipinski definition) is 2. The SMILES string of the molecule is COc1ccc(-c2nn([C@H](C)c3oc4cccc(F)c4c(=O)c3-c3cccc(F)c3)c3ncnc(N)c23)cc1NS(C)(=O)=O. The maximum absolute atomic E-state index is 14.9. The molecule has 0 bridgehead atoms. The molecule has 0 spiro atoms. The van der Waals surface area contributed by atoms with Crippen molar-refractivity contribution < 1.29 is 26.4 Å². The van der Waals surface area contributed by atoms with E-state index in [2.05, 4.69) is 14.7 Å². The minimum absolute atomic E-state index is 0.00512. The molecule has 0 amide bonds. The Morgan fingerprint density at radius 2 is 1.80 bits per heavy atom. The number of aromatic nitrogens is 4. The van der Waals surface area contributed by atoms with E-state index in [0.29, 0.717) is 16.6 Å². The van der Waals surface area contributed by atoms with Crippen LogP contribution in [0.5, 0.6) is 5.75 Å². The Kier molecular flexibility index (Phi) is 7.00. The Bertz CT molecular complexity index is 2270. The third-order valence-electron chi connectivity index (χ3n) is 7.04. The molecule has 0 aliphatic carbocycles. The fourth-order valence-electron chi connectivity index (χ4n) is 5.14. The molecular weight excluding hydrogens is 594 g/mol. The van der Waals surface area contributed by atoms with Crippen molar-refractivity contribution in [3.05, 3.63) is 94.6 Å². The summed E-state index contributed by atoms with van der Waals surface area (Å²) >= 11 is 0. The van der Waals surface area contributed by atoms with Crippen molar-refractivity contribution in [1.29, 1.82) is 0 Å². The molecule has 3 aromatic carbocycles. The third kappa shape index (κ3) is 4.98. The number of ether oxygens (including phenoxy) is 1. The number of fused-ring (bicyclic) bond motifs is 2. The van der Waals surface area contributed by atoms with Crippen molar-refractivity contribution >= 4 is 43.5 Å². The highest BCUT2D eigenvalue weighted by molar-refractivity contribution is 7.92. The molecule has 0 saturated carbocycles. The fourth-order valence-corrected chi connectivity index (χ4v) is 5.70. The summed E-state index contributed by atoms with van der Waals surface area (Å²) in [5.74, 6) is -0.950. The van der Waals surface area contributed by atoms with Gasteiger partial charge in [-0.2, -0.15) is 5.10 Å². The Morgan fingerprint density at radius 3 is 2.52 bits per heavy atom. The van der Waals surface area contributed by atoms with Crippen molar-refractivity contribution in [2.45, 2.75) is 13.0 Å². The van der Waals surface area contributed by atoms with Gasteiger partial charge in [-0.1, -0.05) is 18.2 Å². The Hall–Kier alpha value is -5.37. The third-order valence-corrected chi connectivity index (χ3v) is 7.63.